The van der Waals surface area contributed by atoms with Gasteiger partial charge in [-0.15, -0.1) is 0 Å². The number of carbonyl (C=O) groups excluding carboxylic acids is 1. The van der Waals surface area contributed by atoms with Gasteiger partial charge in [0.2, 0.25) is 11.8 Å². The molecule has 198 valence electrons. The molecule has 3 fully saturated rings. The average Bonchev–Trinajstić information content (AvgIpc) is 3.37. The third kappa shape index (κ3) is 5.78. The molecule has 4 aliphatic rings. The Hall–Kier alpha value is -3.04. The Bertz CT molecular complexity index is 1100. The highest BCUT2D eigenvalue weighted by molar-refractivity contribution is 5.80. The third-order valence-electron chi connectivity index (χ3n) is 7.72. The molecule has 1 amide bonds. The van der Waals surface area contributed by atoms with Gasteiger partial charge < -0.3 is 34.4 Å². The van der Waals surface area contributed by atoms with Gasteiger partial charge in [-0.25, -0.2) is 4.98 Å². The van der Waals surface area contributed by atoms with Crippen LogP contribution in [0.3, 0.4) is 0 Å². The fraction of sp³-hybridized carbons (Fsp3) is 0.571. The molecule has 1 saturated carbocycles. The van der Waals surface area contributed by atoms with Crippen LogP contribution in [0.2, 0.25) is 0 Å². The molecule has 1 aliphatic carbocycles. The maximum atomic E-state index is 13.4. The summed E-state index contributed by atoms with van der Waals surface area (Å²) in [5.41, 5.74) is 1.76. The number of pyridine rings is 1. The van der Waals surface area contributed by atoms with Crippen molar-refractivity contribution in [2.45, 2.75) is 50.4 Å². The number of anilines is 1. The number of benzene rings is 1. The monoisotopic (exact) mass is 508 g/mol. The zero-order valence-electron chi connectivity index (χ0n) is 21.2. The fourth-order valence-corrected chi connectivity index (χ4v) is 5.47. The van der Waals surface area contributed by atoms with E-state index in [-0.39, 0.29) is 11.8 Å². The van der Waals surface area contributed by atoms with E-state index in [1.807, 2.05) is 30.3 Å². The summed E-state index contributed by atoms with van der Waals surface area (Å²) >= 11 is 0. The molecule has 6 rings (SSSR count). The van der Waals surface area contributed by atoms with Crippen LogP contribution in [0.1, 0.15) is 43.8 Å². The van der Waals surface area contributed by atoms with Gasteiger partial charge in [-0.05, 0) is 69.0 Å². The number of likely N-dealkylation sites (tertiary alicyclic amines) is 1. The standard InChI is InChI=1S/C28H36N4O5/c33-27(19-3-6-24-25(15-19)36-14-13-35-24)23(18-31-10-1-2-11-31)30-28(34)20-8-12-32(17-20)21-7-9-29-26(16-21)37-22-4-5-22/h3,6-7,9,15-16,20,22-23,27,33H,1-2,4-5,8,10-14,17-18H2,(H,30,34)/t20-,23+,27+/m0/s1. The largest absolute Gasteiger partial charge is 0.486 e. The highest BCUT2D eigenvalue weighted by atomic mass is 16.6. The fourth-order valence-electron chi connectivity index (χ4n) is 5.47. The van der Waals surface area contributed by atoms with Crippen molar-refractivity contribution in [3.05, 3.63) is 42.1 Å². The van der Waals surface area contributed by atoms with Crippen molar-refractivity contribution >= 4 is 11.6 Å². The summed E-state index contributed by atoms with van der Waals surface area (Å²) < 4.78 is 17.2. The molecule has 0 spiro atoms. The van der Waals surface area contributed by atoms with Crippen LogP contribution in [0.5, 0.6) is 17.4 Å². The Morgan fingerprint density at radius 2 is 1.89 bits per heavy atom. The van der Waals surface area contributed by atoms with Crippen LogP contribution < -0.4 is 24.4 Å². The van der Waals surface area contributed by atoms with E-state index in [2.05, 4.69) is 20.1 Å². The lowest BCUT2D eigenvalue weighted by molar-refractivity contribution is -0.126. The van der Waals surface area contributed by atoms with Crippen LogP contribution in [0, 0.1) is 5.92 Å². The SMILES string of the molecule is O=C(N[C@H](CN1CCCC1)[C@H](O)c1ccc2c(c1)OCCO2)[C@H]1CCN(c2ccnc(OC3CC3)c2)C1. The summed E-state index contributed by atoms with van der Waals surface area (Å²) in [4.78, 5) is 22.3. The second-order valence-corrected chi connectivity index (χ2v) is 10.6. The van der Waals surface area contributed by atoms with Crippen LogP contribution in [-0.4, -0.2) is 79.0 Å². The van der Waals surface area contributed by atoms with Crippen LogP contribution in [0.15, 0.2) is 36.5 Å². The number of aliphatic hydroxyl groups is 1. The Morgan fingerprint density at radius 1 is 1.08 bits per heavy atom. The number of ether oxygens (including phenoxy) is 3. The topological polar surface area (TPSA) is 96.4 Å². The van der Waals surface area contributed by atoms with E-state index in [0.29, 0.717) is 49.8 Å². The molecule has 1 aromatic carbocycles. The van der Waals surface area contributed by atoms with Gasteiger partial charge in [-0.1, -0.05) is 6.07 Å². The molecule has 9 nitrogen and oxygen atoms in total. The number of hydrogen-bond acceptors (Lipinski definition) is 8. The number of nitrogens with one attached hydrogen (secondary N) is 1. The van der Waals surface area contributed by atoms with Crippen molar-refractivity contribution in [3.63, 3.8) is 0 Å². The molecule has 4 heterocycles. The summed E-state index contributed by atoms with van der Waals surface area (Å²) in [5, 5.41) is 14.6. The van der Waals surface area contributed by atoms with E-state index in [9.17, 15) is 9.90 Å². The molecule has 0 unspecified atom stereocenters. The first-order chi connectivity index (χ1) is 18.1. The van der Waals surface area contributed by atoms with Crippen LogP contribution in [0.25, 0.3) is 0 Å². The molecule has 37 heavy (non-hydrogen) atoms. The molecule has 0 bridgehead atoms. The van der Waals surface area contributed by atoms with Gasteiger partial charge in [0.25, 0.3) is 0 Å². The molecule has 1 aromatic heterocycles. The van der Waals surface area contributed by atoms with Crippen molar-refractivity contribution in [2.24, 2.45) is 5.92 Å². The van der Waals surface area contributed by atoms with Gasteiger partial charge in [-0.3, -0.25) is 4.79 Å². The van der Waals surface area contributed by atoms with Gasteiger partial charge in [0.15, 0.2) is 11.5 Å². The first kappa shape index (κ1) is 24.3. The zero-order chi connectivity index (χ0) is 25.2. The van der Waals surface area contributed by atoms with Crippen molar-refractivity contribution in [1.29, 1.82) is 0 Å². The molecular formula is C28H36N4O5. The van der Waals surface area contributed by atoms with E-state index in [4.69, 9.17) is 14.2 Å². The van der Waals surface area contributed by atoms with Crippen LogP contribution >= 0.6 is 0 Å². The third-order valence-corrected chi connectivity index (χ3v) is 7.72. The predicted octanol–water partition coefficient (Wildman–Crippen LogP) is 2.53. The smallest absolute Gasteiger partial charge is 0.225 e. The van der Waals surface area contributed by atoms with E-state index in [1.54, 1.807) is 6.20 Å². The zero-order valence-corrected chi connectivity index (χ0v) is 21.2. The van der Waals surface area contributed by atoms with Crippen molar-refractivity contribution in [2.75, 3.05) is 50.8 Å². The maximum Gasteiger partial charge on any atom is 0.225 e. The normalized spacial score (nSPS) is 23.1. The van der Waals surface area contributed by atoms with E-state index >= 15 is 0 Å². The molecule has 0 radical (unpaired) electrons. The van der Waals surface area contributed by atoms with Crippen LogP contribution in [0.4, 0.5) is 5.69 Å². The summed E-state index contributed by atoms with van der Waals surface area (Å²) in [6.45, 7) is 5.04. The molecule has 2 saturated heterocycles. The lowest BCUT2D eigenvalue weighted by atomic mass is 9.99. The van der Waals surface area contributed by atoms with Crippen molar-refractivity contribution in [3.8, 4) is 17.4 Å². The molecule has 3 atom stereocenters. The highest BCUT2D eigenvalue weighted by Gasteiger charge is 2.33. The Morgan fingerprint density at radius 3 is 2.70 bits per heavy atom. The highest BCUT2D eigenvalue weighted by Crippen LogP contribution is 2.34. The average molecular weight is 509 g/mol. The number of aromatic nitrogens is 1. The van der Waals surface area contributed by atoms with Gasteiger partial charge in [0, 0.05) is 37.6 Å². The van der Waals surface area contributed by atoms with Crippen LogP contribution in [-0.2, 0) is 4.79 Å². The minimum atomic E-state index is -0.847. The number of carbonyl (C=O) groups is 1. The lowest BCUT2D eigenvalue weighted by Crippen LogP contribution is -2.48. The van der Waals surface area contributed by atoms with Crippen molar-refractivity contribution in [1.82, 2.24) is 15.2 Å². The van der Waals surface area contributed by atoms with Gasteiger partial charge in [-0.2, -0.15) is 0 Å². The second kappa shape index (κ2) is 10.8. The summed E-state index contributed by atoms with van der Waals surface area (Å²) in [6.07, 6.45) is 6.48. The second-order valence-electron chi connectivity index (χ2n) is 10.6. The molecule has 3 aliphatic heterocycles. The minimum Gasteiger partial charge on any atom is -0.486 e. The van der Waals surface area contributed by atoms with E-state index in [1.165, 1.54) is 0 Å². The van der Waals surface area contributed by atoms with Crippen molar-refractivity contribution < 1.29 is 24.1 Å². The summed E-state index contributed by atoms with van der Waals surface area (Å²) in [6, 6.07) is 9.07. The Balaban J connectivity index is 1.12. The number of aliphatic hydroxyl groups excluding tert-OH is 1. The van der Waals surface area contributed by atoms with E-state index in [0.717, 1.165) is 63.0 Å². The van der Waals surface area contributed by atoms with Gasteiger partial charge in [0.05, 0.1) is 12.0 Å². The molecule has 2 N–H and O–H groups in total. The molecular weight excluding hydrogens is 472 g/mol. The predicted molar refractivity (Wildman–Crippen MR) is 138 cm³/mol. The first-order valence-electron chi connectivity index (χ1n) is 13.6. The minimum absolute atomic E-state index is 0.00759. The molecule has 2 aromatic rings. The quantitative estimate of drug-likeness (QED) is 0.534. The Labute approximate surface area is 217 Å². The first-order valence-corrected chi connectivity index (χ1v) is 13.6. The number of nitrogens with zero attached hydrogens (tertiary/aromatic N) is 3. The number of fused-ring (bicyclic) bond motifs is 1. The summed E-state index contributed by atoms with van der Waals surface area (Å²) in [7, 11) is 0. The van der Waals surface area contributed by atoms with Gasteiger partial charge in [0.1, 0.15) is 25.4 Å². The maximum absolute atomic E-state index is 13.4. The number of amides is 1. The van der Waals surface area contributed by atoms with Gasteiger partial charge >= 0.3 is 0 Å². The number of rotatable bonds is 9. The number of hydrogen-bond donors (Lipinski definition) is 2. The van der Waals surface area contributed by atoms with E-state index < -0.39 is 12.1 Å². The lowest BCUT2D eigenvalue weighted by Gasteiger charge is -2.30. The summed E-state index contributed by atoms with van der Waals surface area (Å²) in [5.74, 6) is 1.83. The Kier molecular flexibility index (Phi) is 7.06. The molecule has 9 heteroatoms.